The minimum Gasteiger partial charge on any atom is -0.489 e. The van der Waals surface area contributed by atoms with Crippen LogP contribution in [-0.2, 0) is 21.9 Å². The molecule has 1 saturated carbocycles. The van der Waals surface area contributed by atoms with Crippen molar-refractivity contribution in [1.29, 1.82) is 0 Å². The van der Waals surface area contributed by atoms with Crippen LogP contribution in [0.3, 0.4) is 0 Å². The van der Waals surface area contributed by atoms with Crippen LogP contribution in [0, 0.1) is 17.8 Å². The van der Waals surface area contributed by atoms with Crippen LogP contribution in [0.25, 0.3) is 0 Å². The summed E-state index contributed by atoms with van der Waals surface area (Å²) in [5.41, 5.74) is 2.41. The van der Waals surface area contributed by atoms with Gasteiger partial charge in [-0.05, 0) is 90.6 Å². The lowest BCUT2D eigenvalue weighted by Crippen LogP contribution is -2.45. The highest BCUT2D eigenvalue weighted by Crippen LogP contribution is 2.47. The van der Waals surface area contributed by atoms with E-state index in [4.69, 9.17) is 13.6 Å². The third kappa shape index (κ3) is 10.9. The standard InChI is InChI=1S/C40H66O4Si2/c1-12-13-15-22-34(43-45(8,9)39(2,3)4)24-25-36-37(33(29-41)28-38(36)44-46(10,11)40(5,6)7)27-32-21-18-23-35(26-32)42-30-31-19-16-14-17-20-31/h14,16-21,23-26,33-34,36-38,41H,12-13,15,22,27-30H2,1-11H3/b25-24+/t33-,34?,36-,37+,38-/m1/s1. The highest BCUT2D eigenvalue weighted by molar-refractivity contribution is 6.74. The van der Waals surface area contributed by atoms with E-state index in [0.29, 0.717) is 6.61 Å². The van der Waals surface area contributed by atoms with Gasteiger partial charge in [-0.25, -0.2) is 0 Å². The summed E-state index contributed by atoms with van der Waals surface area (Å²) in [5.74, 6) is 1.54. The van der Waals surface area contributed by atoms with Crippen molar-refractivity contribution >= 4 is 16.6 Å². The number of ether oxygens (including phenoxy) is 1. The molecule has 0 spiro atoms. The molecule has 0 radical (unpaired) electrons. The molecule has 0 aliphatic heterocycles. The van der Waals surface area contributed by atoms with Crippen molar-refractivity contribution in [2.24, 2.45) is 17.8 Å². The molecule has 46 heavy (non-hydrogen) atoms. The molecule has 0 saturated heterocycles. The van der Waals surface area contributed by atoms with E-state index in [1.165, 1.54) is 24.8 Å². The monoisotopic (exact) mass is 666 g/mol. The van der Waals surface area contributed by atoms with E-state index >= 15 is 0 Å². The summed E-state index contributed by atoms with van der Waals surface area (Å²) in [6.07, 6.45) is 11.4. The van der Waals surface area contributed by atoms with Gasteiger partial charge in [0.05, 0.1) is 12.2 Å². The predicted molar refractivity (Wildman–Crippen MR) is 201 cm³/mol. The molecule has 3 rings (SSSR count). The van der Waals surface area contributed by atoms with E-state index < -0.39 is 16.6 Å². The average molecular weight is 667 g/mol. The van der Waals surface area contributed by atoms with Crippen molar-refractivity contribution in [3.05, 3.63) is 77.9 Å². The molecular formula is C40H66O4Si2. The summed E-state index contributed by atoms with van der Waals surface area (Å²) in [6.45, 7) is 26.4. The van der Waals surface area contributed by atoms with Crippen LogP contribution in [0.15, 0.2) is 66.7 Å². The summed E-state index contributed by atoms with van der Waals surface area (Å²) in [5, 5.41) is 11.0. The molecule has 0 aromatic heterocycles. The summed E-state index contributed by atoms with van der Waals surface area (Å²) >= 11 is 0. The Balaban J connectivity index is 1.93. The van der Waals surface area contributed by atoms with Crippen molar-refractivity contribution in [2.75, 3.05) is 6.61 Å². The Morgan fingerprint density at radius 1 is 0.870 bits per heavy atom. The fraction of sp³-hybridized carbons (Fsp3) is 0.650. The summed E-state index contributed by atoms with van der Waals surface area (Å²) < 4.78 is 20.4. The molecule has 5 atom stereocenters. The zero-order valence-corrected chi connectivity index (χ0v) is 33.1. The highest BCUT2D eigenvalue weighted by Gasteiger charge is 2.47. The van der Waals surface area contributed by atoms with Crippen LogP contribution in [0.1, 0.15) is 91.7 Å². The van der Waals surface area contributed by atoms with Crippen molar-refractivity contribution in [3.63, 3.8) is 0 Å². The van der Waals surface area contributed by atoms with Gasteiger partial charge in [-0.1, -0.05) is 122 Å². The van der Waals surface area contributed by atoms with Gasteiger partial charge in [-0.2, -0.15) is 0 Å². The quantitative estimate of drug-likeness (QED) is 0.110. The van der Waals surface area contributed by atoms with Crippen LogP contribution in [0.4, 0.5) is 0 Å². The van der Waals surface area contributed by atoms with E-state index in [1.54, 1.807) is 0 Å². The maximum atomic E-state index is 10.7. The molecule has 1 aliphatic carbocycles. The van der Waals surface area contributed by atoms with E-state index in [-0.39, 0.29) is 46.6 Å². The van der Waals surface area contributed by atoms with Crippen LogP contribution >= 0.6 is 0 Å². The Morgan fingerprint density at radius 2 is 1.52 bits per heavy atom. The second-order valence-corrected chi connectivity index (χ2v) is 26.3. The Hall–Kier alpha value is -1.71. The molecular weight excluding hydrogens is 601 g/mol. The first-order valence-corrected chi connectivity index (χ1v) is 23.7. The largest absolute Gasteiger partial charge is 0.489 e. The second-order valence-electron chi connectivity index (χ2n) is 16.8. The molecule has 0 bridgehead atoms. The summed E-state index contributed by atoms with van der Waals surface area (Å²) in [4.78, 5) is 0. The molecule has 6 heteroatoms. The maximum Gasteiger partial charge on any atom is 0.192 e. The van der Waals surface area contributed by atoms with Crippen LogP contribution in [-0.4, -0.2) is 40.6 Å². The van der Waals surface area contributed by atoms with Gasteiger partial charge in [-0.15, -0.1) is 0 Å². The molecule has 2 aromatic carbocycles. The Labute approximate surface area is 284 Å². The minimum atomic E-state index is -2.03. The highest BCUT2D eigenvalue weighted by atomic mass is 28.4. The van der Waals surface area contributed by atoms with Crippen molar-refractivity contribution in [2.45, 2.75) is 142 Å². The lowest BCUT2D eigenvalue weighted by molar-refractivity contribution is 0.146. The lowest BCUT2D eigenvalue weighted by atomic mass is 9.83. The first-order chi connectivity index (χ1) is 21.5. The molecule has 0 amide bonds. The number of rotatable bonds is 16. The van der Waals surface area contributed by atoms with Gasteiger partial charge in [-0.3, -0.25) is 0 Å². The topological polar surface area (TPSA) is 47.9 Å². The number of aliphatic hydroxyl groups is 1. The molecule has 4 nitrogen and oxygen atoms in total. The minimum absolute atomic E-state index is 0.0842. The lowest BCUT2D eigenvalue weighted by Gasteiger charge is -2.40. The number of hydrogen-bond donors (Lipinski definition) is 1. The molecule has 258 valence electrons. The van der Waals surface area contributed by atoms with Gasteiger partial charge in [0, 0.05) is 12.5 Å². The van der Waals surface area contributed by atoms with Gasteiger partial charge < -0.3 is 18.7 Å². The third-order valence-corrected chi connectivity index (χ3v) is 20.1. The van der Waals surface area contributed by atoms with Crippen LogP contribution < -0.4 is 4.74 Å². The Morgan fingerprint density at radius 3 is 2.13 bits per heavy atom. The average Bonchev–Trinajstić information content (AvgIpc) is 3.29. The van der Waals surface area contributed by atoms with Crippen molar-refractivity contribution < 1.29 is 18.7 Å². The van der Waals surface area contributed by atoms with Gasteiger partial charge in [0.25, 0.3) is 0 Å². The number of aliphatic hydroxyl groups excluding tert-OH is 1. The molecule has 1 fully saturated rings. The summed E-state index contributed by atoms with van der Waals surface area (Å²) in [7, 11) is -3.98. The Kier molecular flexibility index (Phi) is 14.0. The molecule has 1 N–H and O–H groups in total. The summed E-state index contributed by atoms with van der Waals surface area (Å²) in [6, 6.07) is 18.9. The Bertz CT molecular complexity index is 1210. The molecule has 0 heterocycles. The van der Waals surface area contributed by atoms with E-state index in [9.17, 15) is 5.11 Å². The predicted octanol–water partition coefficient (Wildman–Crippen LogP) is 11.0. The van der Waals surface area contributed by atoms with Gasteiger partial charge in [0.15, 0.2) is 16.6 Å². The van der Waals surface area contributed by atoms with Crippen LogP contribution in [0.2, 0.25) is 36.3 Å². The smallest absolute Gasteiger partial charge is 0.192 e. The van der Waals surface area contributed by atoms with Crippen molar-refractivity contribution in [1.82, 2.24) is 0 Å². The fourth-order valence-corrected chi connectivity index (χ4v) is 8.72. The van der Waals surface area contributed by atoms with Crippen molar-refractivity contribution in [3.8, 4) is 5.75 Å². The SMILES string of the molecule is CCCCCC(/C=C/[C@@H]1[C@@H](Cc2cccc(OCc3ccccc3)c2)[C@@H](CO)C[C@H]1O[Si](C)(C)C(C)(C)C)O[Si](C)(C)C(C)(C)C. The third-order valence-electron chi connectivity index (χ3n) is 11.1. The second kappa shape index (κ2) is 16.6. The molecule has 1 unspecified atom stereocenters. The first-order valence-electron chi connectivity index (χ1n) is 17.9. The fourth-order valence-electron chi connectivity index (χ4n) is 6.05. The van der Waals surface area contributed by atoms with Crippen LogP contribution in [0.5, 0.6) is 5.75 Å². The van der Waals surface area contributed by atoms with E-state index in [2.05, 4.69) is 117 Å². The van der Waals surface area contributed by atoms with E-state index in [0.717, 1.165) is 30.6 Å². The molecule has 2 aromatic rings. The van der Waals surface area contributed by atoms with E-state index in [1.807, 2.05) is 24.3 Å². The number of unbranched alkanes of at least 4 members (excludes halogenated alkanes) is 2. The molecule has 1 aliphatic rings. The number of benzene rings is 2. The zero-order valence-electron chi connectivity index (χ0n) is 31.1. The normalized spacial score (nSPS) is 22.0. The maximum absolute atomic E-state index is 10.7. The number of hydrogen-bond acceptors (Lipinski definition) is 4. The van der Waals surface area contributed by atoms with Gasteiger partial charge in [0.2, 0.25) is 0 Å². The first kappa shape index (κ1) is 38.7. The van der Waals surface area contributed by atoms with Gasteiger partial charge in [0.1, 0.15) is 12.4 Å². The zero-order chi connectivity index (χ0) is 34.2. The van der Waals surface area contributed by atoms with Gasteiger partial charge >= 0.3 is 0 Å².